The van der Waals surface area contributed by atoms with E-state index in [2.05, 4.69) is 10.2 Å². The average molecular weight is 411 g/mol. The van der Waals surface area contributed by atoms with Crippen LogP contribution in [0.1, 0.15) is 11.1 Å². The van der Waals surface area contributed by atoms with E-state index in [4.69, 9.17) is 0 Å². The number of rotatable bonds is 5. The quantitative estimate of drug-likeness (QED) is 0.380. The van der Waals surface area contributed by atoms with Crippen LogP contribution >= 0.6 is 11.8 Å². The highest BCUT2D eigenvalue weighted by atomic mass is 32.2. The summed E-state index contributed by atoms with van der Waals surface area (Å²) in [5.41, 5.74) is 2.36. The maximum Gasteiger partial charge on any atom is 0.196 e. The molecule has 0 unspecified atom stereocenters. The number of aromatic nitrogens is 3. The Hall–Kier alpha value is -3.06. The lowest BCUT2D eigenvalue weighted by molar-refractivity contribution is 0.502. The molecule has 3 nitrogen and oxygen atoms in total. The molecule has 7 heteroatoms. The number of halogens is 3. The molecule has 0 amide bonds. The van der Waals surface area contributed by atoms with Gasteiger partial charge in [-0.1, -0.05) is 53.7 Å². The van der Waals surface area contributed by atoms with E-state index in [1.54, 1.807) is 22.8 Å². The van der Waals surface area contributed by atoms with Gasteiger partial charge in [0.05, 0.1) is 5.56 Å². The number of benzene rings is 3. The highest BCUT2D eigenvalue weighted by Crippen LogP contribution is 2.31. The molecule has 4 aromatic rings. The van der Waals surface area contributed by atoms with Crippen LogP contribution in [0.3, 0.4) is 0 Å². The van der Waals surface area contributed by atoms with Gasteiger partial charge < -0.3 is 0 Å². The van der Waals surface area contributed by atoms with Crippen molar-refractivity contribution in [3.05, 3.63) is 95.3 Å². The summed E-state index contributed by atoms with van der Waals surface area (Å²) in [6.45, 7) is 1.97. The highest BCUT2D eigenvalue weighted by molar-refractivity contribution is 7.98. The zero-order chi connectivity index (χ0) is 20.4. The minimum atomic E-state index is -0.893. The van der Waals surface area contributed by atoms with Crippen molar-refractivity contribution in [3.63, 3.8) is 0 Å². The van der Waals surface area contributed by atoms with Gasteiger partial charge in [0.25, 0.3) is 0 Å². The lowest BCUT2D eigenvalue weighted by Crippen LogP contribution is -2.01. The number of hydrogen-bond acceptors (Lipinski definition) is 3. The van der Waals surface area contributed by atoms with Crippen molar-refractivity contribution in [1.29, 1.82) is 0 Å². The normalized spacial score (nSPS) is 11.0. The van der Waals surface area contributed by atoms with Crippen LogP contribution in [0.5, 0.6) is 0 Å². The second-order valence-electron chi connectivity index (χ2n) is 6.46. The molecule has 4 rings (SSSR count). The summed E-state index contributed by atoms with van der Waals surface area (Å²) in [6, 6.07) is 18.0. The largest absolute Gasteiger partial charge is 0.270 e. The summed E-state index contributed by atoms with van der Waals surface area (Å²) in [5.74, 6) is -1.69. The molecule has 3 aromatic carbocycles. The van der Waals surface area contributed by atoms with Crippen molar-refractivity contribution in [2.75, 3.05) is 0 Å². The third kappa shape index (κ3) is 3.91. The van der Waals surface area contributed by atoms with Crippen molar-refractivity contribution in [1.82, 2.24) is 14.8 Å². The maximum atomic E-state index is 14.4. The first-order valence-corrected chi connectivity index (χ1v) is 9.86. The van der Waals surface area contributed by atoms with Gasteiger partial charge >= 0.3 is 0 Å². The Morgan fingerprint density at radius 1 is 0.828 bits per heavy atom. The van der Waals surface area contributed by atoms with E-state index in [9.17, 15) is 13.2 Å². The summed E-state index contributed by atoms with van der Waals surface area (Å²) < 4.78 is 43.6. The Kier molecular flexibility index (Phi) is 5.40. The van der Waals surface area contributed by atoms with Gasteiger partial charge in [-0.3, -0.25) is 4.57 Å². The Morgan fingerprint density at radius 2 is 1.55 bits per heavy atom. The van der Waals surface area contributed by atoms with Gasteiger partial charge in [0.1, 0.15) is 5.82 Å². The summed E-state index contributed by atoms with van der Waals surface area (Å²) in [7, 11) is 0. The van der Waals surface area contributed by atoms with E-state index >= 15 is 0 Å². The standard InChI is InChI=1S/C22H16F3N3S/c1-14-9-11-16(12-10-14)28-21(17-6-2-3-7-18(17)23)26-27-22(28)29-13-15-5-4-8-19(24)20(15)25/h2-12H,13H2,1H3. The van der Waals surface area contributed by atoms with Gasteiger partial charge in [0.2, 0.25) is 0 Å². The van der Waals surface area contributed by atoms with Crippen molar-refractivity contribution in [2.45, 2.75) is 17.8 Å². The molecule has 0 aliphatic carbocycles. The third-order valence-electron chi connectivity index (χ3n) is 4.43. The molecule has 0 aliphatic rings. The highest BCUT2D eigenvalue weighted by Gasteiger charge is 2.19. The SMILES string of the molecule is Cc1ccc(-n2c(SCc3cccc(F)c3F)nnc2-c2ccccc2F)cc1. The monoisotopic (exact) mass is 411 g/mol. The molecular formula is C22H16F3N3S. The minimum Gasteiger partial charge on any atom is -0.270 e. The minimum absolute atomic E-state index is 0.158. The van der Waals surface area contributed by atoms with Gasteiger partial charge in [-0.15, -0.1) is 10.2 Å². The zero-order valence-electron chi connectivity index (χ0n) is 15.4. The predicted molar refractivity (Wildman–Crippen MR) is 107 cm³/mol. The van der Waals surface area contributed by atoms with Gasteiger partial charge in [-0.2, -0.15) is 0 Å². The summed E-state index contributed by atoms with van der Waals surface area (Å²) in [5, 5.41) is 8.83. The van der Waals surface area contributed by atoms with Crippen LogP contribution in [-0.2, 0) is 5.75 Å². The average Bonchev–Trinajstić information content (AvgIpc) is 3.14. The van der Waals surface area contributed by atoms with E-state index in [1.807, 2.05) is 31.2 Å². The van der Waals surface area contributed by atoms with Crippen LogP contribution in [0.4, 0.5) is 13.2 Å². The van der Waals surface area contributed by atoms with Gasteiger partial charge in [-0.25, -0.2) is 13.2 Å². The molecule has 0 bridgehead atoms. The van der Waals surface area contributed by atoms with Crippen molar-refractivity contribution < 1.29 is 13.2 Å². The smallest absolute Gasteiger partial charge is 0.196 e. The van der Waals surface area contributed by atoms with Crippen LogP contribution in [0.25, 0.3) is 17.1 Å². The van der Waals surface area contributed by atoms with Crippen LogP contribution in [0.15, 0.2) is 71.9 Å². The Balaban J connectivity index is 1.77. The fourth-order valence-corrected chi connectivity index (χ4v) is 3.84. The summed E-state index contributed by atoms with van der Waals surface area (Å²) >= 11 is 1.20. The van der Waals surface area contributed by atoms with E-state index in [1.165, 1.54) is 30.0 Å². The van der Waals surface area contributed by atoms with Crippen LogP contribution in [-0.4, -0.2) is 14.8 Å². The lowest BCUT2D eigenvalue weighted by atomic mass is 10.2. The van der Waals surface area contributed by atoms with Gasteiger partial charge in [0, 0.05) is 17.0 Å². The number of nitrogens with zero attached hydrogens (tertiary/aromatic N) is 3. The molecule has 0 radical (unpaired) electrons. The lowest BCUT2D eigenvalue weighted by Gasteiger charge is -2.11. The molecule has 0 spiro atoms. The van der Waals surface area contributed by atoms with Crippen LogP contribution in [0, 0.1) is 24.4 Å². The van der Waals surface area contributed by atoms with Gasteiger partial charge in [-0.05, 0) is 37.3 Å². The molecule has 0 N–H and O–H groups in total. The second-order valence-corrected chi connectivity index (χ2v) is 7.40. The molecule has 1 heterocycles. The topological polar surface area (TPSA) is 30.7 Å². The second kappa shape index (κ2) is 8.13. The zero-order valence-corrected chi connectivity index (χ0v) is 16.3. The molecule has 29 heavy (non-hydrogen) atoms. The molecule has 0 fully saturated rings. The van der Waals surface area contributed by atoms with Crippen molar-refractivity contribution in [3.8, 4) is 17.1 Å². The van der Waals surface area contributed by atoms with E-state index in [0.29, 0.717) is 16.5 Å². The molecule has 0 saturated carbocycles. The number of aryl methyl sites for hydroxylation is 1. The van der Waals surface area contributed by atoms with Crippen molar-refractivity contribution in [2.24, 2.45) is 0 Å². The molecule has 0 aliphatic heterocycles. The summed E-state index contributed by atoms with van der Waals surface area (Å²) in [6.07, 6.45) is 0. The van der Waals surface area contributed by atoms with E-state index in [0.717, 1.165) is 17.3 Å². The molecule has 146 valence electrons. The van der Waals surface area contributed by atoms with E-state index < -0.39 is 17.5 Å². The van der Waals surface area contributed by atoms with E-state index in [-0.39, 0.29) is 11.3 Å². The first-order valence-electron chi connectivity index (χ1n) is 8.87. The number of hydrogen-bond donors (Lipinski definition) is 0. The Bertz CT molecular complexity index is 1160. The van der Waals surface area contributed by atoms with Crippen molar-refractivity contribution >= 4 is 11.8 Å². The number of thioether (sulfide) groups is 1. The Morgan fingerprint density at radius 3 is 2.31 bits per heavy atom. The Labute approximate surface area is 170 Å². The first-order chi connectivity index (χ1) is 14.0. The predicted octanol–water partition coefficient (Wildman–Crippen LogP) is 5.95. The fraction of sp³-hybridized carbons (Fsp3) is 0.0909. The molecule has 1 aromatic heterocycles. The van der Waals surface area contributed by atoms with Gasteiger partial charge in [0.15, 0.2) is 22.6 Å². The third-order valence-corrected chi connectivity index (χ3v) is 5.41. The first kappa shape index (κ1) is 19.3. The molecular weight excluding hydrogens is 395 g/mol. The molecule has 0 atom stereocenters. The fourth-order valence-electron chi connectivity index (χ4n) is 2.91. The summed E-state index contributed by atoms with van der Waals surface area (Å²) in [4.78, 5) is 0. The van der Waals surface area contributed by atoms with Crippen LogP contribution in [0.2, 0.25) is 0 Å². The maximum absolute atomic E-state index is 14.4. The molecule has 0 saturated heterocycles. The van der Waals surface area contributed by atoms with Crippen LogP contribution < -0.4 is 0 Å².